The number of nitrogens with zero attached hydrogens (tertiary/aromatic N) is 1. The molecule has 0 aromatic heterocycles. The second-order valence-electron chi connectivity index (χ2n) is 4.34. The third-order valence-electron chi connectivity index (χ3n) is 2.87. The van der Waals surface area contributed by atoms with E-state index in [-0.39, 0.29) is 11.7 Å². The van der Waals surface area contributed by atoms with Gasteiger partial charge < -0.3 is 5.11 Å². The van der Waals surface area contributed by atoms with Gasteiger partial charge in [-0.2, -0.15) is 5.10 Å². The Balaban J connectivity index is 1.97. The number of phenolic OH excluding ortho intramolecular Hbond substituents is 1. The van der Waals surface area contributed by atoms with E-state index in [2.05, 4.69) is 17.5 Å². The van der Waals surface area contributed by atoms with Gasteiger partial charge in [-0.15, -0.1) is 0 Å². The van der Waals surface area contributed by atoms with Crippen molar-refractivity contribution in [2.45, 2.75) is 13.3 Å². The van der Waals surface area contributed by atoms with E-state index in [1.165, 1.54) is 11.8 Å². The first kappa shape index (κ1) is 13.8. The van der Waals surface area contributed by atoms with Crippen molar-refractivity contribution >= 4 is 12.1 Å². The molecule has 0 bridgehead atoms. The van der Waals surface area contributed by atoms with Crippen LogP contribution in [-0.4, -0.2) is 17.2 Å². The highest BCUT2D eigenvalue weighted by Crippen LogP contribution is 2.08. The molecule has 0 spiro atoms. The van der Waals surface area contributed by atoms with Crippen molar-refractivity contribution in [1.29, 1.82) is 0 Å². The summed E-state index contributed by atoms with van der Waals surface area (Å²) in [7, 11) is 0. The maximum Gasteiger partial charge on any atom is 0.271 e. The second-order valence-corrected chi connectivity index (χ2v) is 4.34. The van der Waals surface area contributed by atoms with Gasteiger partial charge in [-0.25, -0.2) is 5.43 Å². The number of phenols is 1. The van der Waals surface area contributed by atoms with Crippen LogP contribution in [0.5, 0.6) is 5.75 Å². The molecular weight excluding hydrogens is 252 g/mol. The summed E-state index contributed by atoms with van der Waals surface area (Å²) in [6.45, 7) is 2.06. The molecule has 102 valence electrons. The first-order valence-electron chi connectivity index (χ1n) is 6.40. The number of hydrazone groups is 1. The standard InChI is InChI=1S/C16H16N2O2/c1-2-12-6-8-14(9-7-12)16(20)18-17-11-13-4-3-5-15(19)10-13/h3-11,19H,2H2,1H3,(H,18,20)/b17-11-. The summed E-state index contributed by atoms with van der Waals surface area (Å²) in [5, 5.41) is 13.2. The van der Waals surface area contributed by atoms with Crippen LogP contribution in [-0.2, 0) is 6.42 Å². The number of hydrogen-bond donors (Lipinski definition) is 2. The van der Waals surface area contributed by atoms with Crippen molar-refractivity contribution in [3.8, 4) is 5.75 Å². The van der Waals surface area contributed by atoms with E-state index >= 15 is 0 Å². The van der Waals surface area contributed by atoms with Crippen molar-refractivity contribution < 1.29 is 9.90 Å². The number of amides is 1. The Bertz CT molecular complexity index is 619. The van der Waals surface area contributed by atoms with Gasteiger partial charge in [0, 0.05) is 5.56 Å². The number of carbonyl (C=O) groups excluding carboxylic acids is 1. The number of carbonyl (C=O) groups is 1. The van der Waals surface area contributed by atoms with E-state index < -0.39 is 0 Å². The maximum atomic E-state index is 11.8. The van der Waals surface area contributed by atoms with Gasteiger partial charge in [0.15, 0.2) is 0 Å². The van der Waals surface area contributed by atoms with Crippen molar-refractivity contribution in [2.24, 2.45) is 5.10 Å². The van der Waals surface area contributed by atoms with Crippen molar-refractivity contribution in [2.75, 3.05) is 0 Å². The van der Waals surface area contributed by atoms with Crippen LogP contribution in [0, 0.1) is 0 Å². The number of benzene rings is 2. The highest BCUT2D eigenvalue weighted by Gasteiger charge is 2.03. The SMILES string of the molecule is CCc1ccc(C(=O)N/N=C\c2cccc(O)c2)cc1. The molecule has 0 atom stereocenters. The summed E-state index contributed by atoms with van der Waals surface area (Å²) in [6.07, 6.45) is 2.43. The molecule has 0 saturated carbocycles. The molecule has 0 aliphatic heterocycles. The van der Waals surface area contributed by atoms with Crippen LogP contribution >= 0.6 is 0 Å². The average Bonchev–Trinajstić information content (AvgIpc) is 2.47. The maximum absolute atomic E-state index is 11.8. The first-order chi connectivity index (χ1) is 9.69. The molecule has 0 aliphatic carbocycles. The molecule has 20 heavy (non-hydrogen) atoms. The first-order valence-corrected chi connectivity index (χ1v) is 6.40. The number of aryl methyl sites for hydroxylation is 1. The fourth-order valence-corrected chi connectivity index (χ4v) is 1.73. The van der Waals surface area contributed by atoms with Crippen LogP contribution < -0.4 is 5.43 Å². The van der Waals surface area contributed by atoms with E-state index in [0.717, 1.165) is 6.42 Å². The number of rotatable bonds is 4. The van der Waals surface area contributed by atoms with E-state index in [1.54, 1.807) is 36.4 Å². The Morgan fingerprint density at radius 3 is 2.65 bits per heavy atom. The van der Waals surface area contributed by atoms with Gasteiger partial charge in [0.1, 0.15) is 5.75 Å². The minimum absolute atomic E-state index is 0.162. The monoisotopic (exact) mass is 268 g/mol. The lowest BCUT2D eigenvalue weighted by Crippen LogP contribution is -2.17. The van der Waals surface area contributed by atoms with Crippen LogP contribution in [0.4, 0.5) is 0 Å². The molecule has 4 nitrogen and oxygen atoms in total. The lowest BCUT2D eigenvalue weighted by Gasteiger charge is -2.01. The molecule has 2 aromatic rings. The third-order valence-corrected chi connectivity index (χ3v) is 2.87. The lowest BCUT2D eigenvalue weighted by atomic mass is 10.1. The van der Waals surface area contributed by atoms with Gasteiger partial charge in [-0.05, 0) is 41.8 Å². The predicted octanol–water partition coefficient (Wildman–Crippen LogP) is 2.72. The van der Waals surface area contributed by atoms with Crippen molar-refractivity contribution in [3.05, 3.63) is 65.2 Å². The molecule has 2 N–H and O–H groups in total. The highest BCUT2D eigenvalue weighted by molar-refractivity contribution is 5.94. The Hall–Kier alpha value is -2.62. The molecule has 0 fully saturated rings. The molecular formula is C16H16N2O2. The van der Waals surface area contributed by atoms with Gasteiger partial charge in [-0.1, -0.05) is 31.2 Å². The van der Waals surface area contributed by atoms with Crippen LogP contribution in [0.3, 0.4) is 0 Å². The van der Waals surface area contributed by atoms with Gasteiger partial charge in [-0.3, -0.25) is 4.79 Å². The predicted molar refractivity (Wildman–Crippen MR) is 79.0 cm³/mol. The summed E-state index contributed by atoms with van der Waals surface area (Å²) < 4.78 is 0. The molecule has 4 heteroatoms. The van der Waals surface area contributed by atoms with E-state index in [9.17, 15) is 9.90 Å². The molecule has 0 heterocycles. The summed E-state index contributed by atoms with van der Waals surface area (Å²) in [4.78, 5) is 11.8. The summed E-state index contributed by atoms with van der Waals surface area (Å²) in [5.74, 6) is -0.0977. The topological polar surface area (TPSA) is 61.7 Å². The quantitative estimate of drug-likeness (QED) is 0.661. The van der Waals surface area contributed by atoms with E-state index in [4.69, 9.17) is 0 Å². The third kappa shape index (κ3) is 3.68. The minimum Gasteiger partial charge on any atom is -0.508 e. The molecule has 0 unspecified atom stereocenters. The zero-order valence-corrected chi connectivity index (χ0v) is 11.2. The van der Waals surface area contributed by atoms with Gasteiger partial charge >= 0.3 is 0 Å². The van der Waals surface area contributed by atoms with E-state index in [0.29, 0.717) is 11.1 Å². The normalized spacial score (nSPS) is 10.7. The molecule has 0 saturated heterocycles. The number of nitrogens with one attached hydrogen (secondary N) is 1. The van der Waals surface area contributed by atoms with Gasteiger partial charge in [0.05, 0.1) is 6.21 Å². The zero-order valence-electron chi connectivity index (χ0n) is 11.2. The van der Waals surface area contributed by atoms with Crippen molar-refractivity contribution in [1.82, 2.24) is 5.43 Å². The molecule has 0 radical (unpaired) electrons. The molecule has 2 aromatic carbocycles. The Morgan fingerprint density at radius 1 is 1.25 bits per heavy atom. The Kier molecular flexibility index (Phi) is 4.50. The average molecular weight is 268 g/mol. The van der Waals surface area contributed by atoms with Crippen molar-refractivity contribution in [3.63, 3.8) is 0 Å². The van der Waals surface area contributed by atoms with Crippen LogP contribution in [0.25, 0.3) is 0 Å². The fraction of sp³-hybridized carbons (Fsp3) is 0.125. The van der Waals surface area contributed by atoms with Crippen LogP contribution in [0.1, 0.15) is 28.4 Å². The summed E-state index contributed by atoms with van der Waals surface area (Å²) in [5.41, 5.74) is 4.92. The largest absolute Gasteiger partial charge is 0.508 e. The fourth-order valence-electron chi connectivity index (χ4n) is 1.73. The summed E-state index contributed by atoms with van der Waals surface area (Å²) >= 11 is 0. The highest BCUT2D eigenvalue weighted by atomic mass is 16.3. The minimum atomic E-state index is -0.260. The zero-order chi connectivity index (χ0) is 14.4. The Morgan fingerprint density at radius 2 is 2.00 bits per heavy atom. The van der Waals surface area contributed by atoms with Crippen LogP contribution in [0.15, 0.2) is 53.6 Å². The second kappa shape index (κ2) is 6.52. The smallest absolute Gasteiger partial charge is 0.271 e. The lowest BCUT2D eigenvalue weighted by molar-refractivity contribution is 0.0955. The Labute approximate surface area is 117 Å². The number of hydrogen-bond acceptors (Lipinski definition) is 3. The van der Waals surface area contributed by atoms with E-state index in [1.807, 2.05) is 12.1 Å². The molecule has 2 rings (SSSR count). The van der Waals surface area contributed by atoms with Crippen LogP contribution in [0.2, 0.25) is 0 Å². The molecule has 0 aliphatic rings. The van der Waals surface area contributed by atoms with Gasteiger partial charge in [0.25, 0.3) is 5.91 Å². The van der Waals surface area contributed by atoms with Gasteiger partial charge in [0.2, 0.25) is 0 Å². The number of aromatic hydroxyl groups is 1. The molecule has 1 amide bonds. The summed E-state index contributed by atoms with van der Waals surface area (Å²) in [6, 6.07) is 14.0.